The first-order chi connectivity index (χ1) is 8.47. The van der Waals surface area contributed by atoms with E-state index in [-0.39, 0.29) is 11.6 Å². The number of rotatable bonds is 3. The lowest BCUT2D eigenvalue weighted by molar-refractivity contribution is 0.0663. The van der Waals surface area contributed by atoms with Crippen molar-refractivity contribution in [3.8, 4) is 0 Å². The minimum absolute atomic E-state index is 0.173. The molecule has 7 heteroatoms. The van der Waals surface area contributed by atoms with Gasteiger partial charge in [0, 0.05) is 6.07 Å². The van der Waals surface area contributed by atoms with Gasteiger partial charge >= 0.3 is 5.97 Å². The van der Waals surface area contributed by atoms with E-state index in [1.807, 2.05) is 0 Å². The van der Waals surface area contributed by atoms with Crippen molar-refractivity contribution in [3.63, 3.8) is 0 Å². The zero-order valence-corrected chi connectivity index (χ0v) is 11.0. The van der Waals surface area contributed by atoms with Crippen LogP contribution in [0.2, 0.25) is 15.1 Å². The second-order valence-electron chi connectivity index (χ2n) is 3.34. The molecule has 0 saturated heterocycles. The van der Waals surface area contributed by atoms with Crippen LogP contribution in [-0.4, -0.2) is 11.1 Å². The molecule has 0 aliphatic rings. The van der Waals surface area contributed by atoms with E-state index in [1.165, 1.54) is 24.3 Å². The summed E-state index contributed by atoms with van der Waals surface area (Å²) >= 11 is 17.6. The average molecular weight is 307 g/mol. The van der Waals surface area contributed by atoms with Crippen molar-refractivity contribution in [2.45, 2.75) is 0 Å². The lowest BCUT2D eigenvalue weighted by atomic mass is 10.3. The maximum atomic E-state index is 10.6. The normalized spacial score (nSPS) is 10.4. The van der Waals surface area contributed by atoms with Gasteiger partial charge in [-0.05, 0) is 18.2 Å². The van der Waals surface area contributed by atoms with Gasteiger partial charge in [-0.3, -0.25) is 0 Å². The Balaban J connectivity index is 2.28. The smallest absolute Gasteiger partial charge is 0.371 e. The molecular formula is C11H6Cl3NO3. The number of furan rings is 1. The number of aromatic carboxylic acids is 1. The van der Waals surface area contributed by atoms with Crippen LogP contribution in [0, 0.1) is 0 Å². The highest BCUT2D eigenvalue weighted by Gasteiger charge is 2.11. The summed E-state index contributed by atoms with van der Waals surface area (Å²) < 4.78 is 5.03. The summed E-state index contributed by atoms with van der Waals surface area (Å²) in [5.74, 6) is -1.08. The zero-order chi connectivity index (χ0) is 13.3. The Labute approximate surface area is 117 Å². The van der Waals surface area contributed by atoms with Crippen LogP contribution in [0.3, 0.4) is 0 Å². The quantitative estimate of drug-likeness (QED) is 0.808. The van der Waals surface area contributed by atoms with E-state index in [0.29, 0.717) is 20.8 Å². The van der Waals surface area contributed by atoms with Gasteiger partial charge in [-0.2, -0.15) is 0 Å². The fourth-order valence-electron chi connectivity index (χ4n) is 1.27. The van der Waals surface area contributed by atoms with Crippen molar-refractivity contribution in [1.82, 2.24) is 0 Å². The third-order valence-electron chi connectivity index (χ3n) is 2.08. The second-order valence-corrected chi connectivity index (χ2v) is 4.56. The molecular weight excluding hydrogens is 300 g/mol. The number of hydrogen-bond donors (Lipinski definition) is 2. The molecule has 0 fully saturated rings. The van der Waals surface area contributed by atoms with Crippen LogP contribution < -0.4 is 5.32 Å². The van der Waals surface area contributed by atoms with Crippen LogP contribution in [0.5, 0.6) is 0 Å². The van der Waals surface area contributed by atoms with Crippen LogP contribution in [0.1, 0.15) is 10.6 Å². The maximum absolute atomic E-state index is 10.6. The summed E-state index contributed by atoms with van der Waals surface area (Å²) in [7, 11) is 0. The first-order valence-corrected chi connectivity index (χ1v) is 5.85. The Morgan fingerprint density at radius 1 is 1.11 bits per heavy atom. The summed E-state index contributed by atoms with van der Waals surface area (Å²) in [6.45, 7) is 0. The molecule has 0 aliphatic heterocycles. The minimum Gasteiger partial charge on any atom is -0.475 e. The van der Waals surface area contributed by atoms with Crippen LogP contribution in [0.4, 0.5) is 11.6 Å². The molecule has 18 heavy (non-hydrogen) atoms. The highest BCUT2D eigenvalue weighted by atomic mass is 35.5. The zero-order valence-electron chi connectivity index (χ0n) is 8.71. The number of anilines is 2. The summed E-state index contributed by atoms with van der Waals surface area (Å²) in [4.78, 5) is 10.6. The third-order valence-corrected chi connectivity index (χ3v) is 3.12. The number of nitrogens with one attached hydrogen (secondary N) is 1. The Bertz CT molecular complexity index is 610. The Morgan fingerprint density at radius 3 is 2.39 bits per heavy atom. The Hall–Kier alpha value is -1.36. The van der Waals surface area contributed by atoms with Crippen molar-refractivity contribution in [3.05, 3.63) is 45.1 Å². The molecule has 2 N–H and O–H groups in total. The number of carboxylic acid groups (broad SMARTS) is 1. The van der Waals surface area contributed by atoms with E-state index in [0.717, 1.165) is 0 Å². The van der Waals surface area contributed by atoms with E-state index >= 15 is 0 Å². The van der Waals surface area contributed by atoms with Crippen LogP contribution in [-0.2, 0) is 0 Å². The molecule has 0 amide bonds. The number of benzene rings is 1. The number of halogens is 3. The van der Waals surface area contributed by atoms with Gasteiger partial charge in [0.25, 0.3) is 0 Å². The van der Waals surface area contributed by atoms with Crippen molar-refractivity contribution >= 4 is 52.3 Å². The Kier molecular flexibility index (Phi) is 3.71. The predicted octanol–water partition coefficient (Wildman–Crippen LogP) is 4.68. The first-order valence-electron chi connectivity index (χ1n) is 4.72. The highest BCUT2D eigenvalue weighted by Crippen LogP contribution is 2.34. The predicted molar refractivity (Wildman–Crippen MR) is 70.4 cm³/mol. The molecule has 1 aromatic carbocycles. The van der Waals surface area contributed by atoms with Gasteiger partial charge in [-0.25, -0.2) is 4.79 Å². The van der Waals surface area contributed by atoms with Crippen molar-refractivity contribution in [1.29, 1.82) is 0 Å². The molecule has 4 nitrogen and oxygen atoms in total. The number of hydrogen-bond acceptors (Lipinski definition) is 3. The van der Waals surface area contributed by atoms with Gasteiger partial charge in [0.1, 0.15) is 0 Å². The van der Waals surface area contributed by atoms with Crippen LogP contribution >= 0.6 is 34.8 Å². The van der Waals surface area contributed by atoms with Gasteiger partial charge in [0.2, 0.25) is 5.76 Å². The van der Waals surface area contributed by atoms with E-state index in [9.17, 15) is 4.79 Å². The molecule has 1 heterocycles. The standard InChI is InChI=1S/C11H6Cl3NO3/c12-5-3-7(14)8(4-6(5)13)15-10-2-1-9(18-10)11(16)17/h1-4,15H,(H,16,17). The second kappa shape index (κ2) is 5.10. The SMILES string of the molecule is O=C(O)c1ccc(Nc2cc(Cl)c(Cl)cc2Cl)o1. The lowest BCUT2D eigenvalue weighted by Gasteiger charge is -2.07. The third kappa shape index (κ3) is 2.72. The molecule has 0 saturated carbocycles. The highest BCUT2D eigenvalue weighted by molar-refractivity contribution is 6.44. The van der Waals surface area contributed by atoms with Gasteiger partial charge in [-0.1, -0.05) is 34.8 Å². The molecule has 0 spiro atoms. The molecule has 1 aromatic heterocycles. The fourth-order valence-corrected chi connectivity index (χ4v) is 1.87. The molecule has 0 radical (unpaired) electrons. The summed E-state index contributed by atoms with van der Waals surface area (Å²) in [5, 5.41) is 12.5. The van der Waals surface area contributed by atoms with Crippen molar-refractivity contribution in [2.24, 2.45) is 0 Å². The van der Waals surface area contributed by atoms with E-state index in [2.05, 4.69) is 5.32 Å². The van der Waals surface area contributed by atoms with E-state index in [1.54, 1.807) is 0 Å². The maximum Gasteiger partial charge on any atom is 0.371 e. The van der Waals surface area contributed by atoms with Gasteiger partial charge < -0.3 is 14.8 Å². The summed E-state index contributed by atoms with van der Waals surface area (Å²) in [6.07, 6.45) is 0. The number of carbonyl (C=O) groups is 1. The van der Waals surface area contributed by atoms with E-state index < -0.39 is 5.97 Å². The van der Waals surface area contributed by atoms with Gasteiger partial charge in [0.05, 0.1) is 20.8 Å². The molecule has 0 unspecified atom stereocenters. The largest absolute Gasteiger partial charge is 0.475 e. The fraction of sp³-hybridized carbons (Fsp3) is 0. The first kappa shape index (κ1) is 13.1. The molecule has 0 atom stereocenters. The van der Waals surface area contributed by atoms with Gasteiger partial charge in [-0.15, -0.1) is 0 Å². The van der Waals surface area contributed by atoms with Gasteiger partial charge in [0.15, 0.2) is 5.88 Å². The number of carboxylic acids is 1. The molecule has 0 bridgehead atoms. The van der Waals surface area contributed by atoms with Crippen molar-refractivity contribution < 1.29 is 14.3 Å². The average Bonchev–Trinajstić information content (AvgIpc) is 2.74. The van der Waals surface area contributed by atoms with E-state index in [4.69, 9.17) is 44.3 Å². The lowest BCUT2D eigenvalue weighted by Crippen LogP contribution is -1.93. The topological polar surface area (TPSA) is 62.5 Å². The molecule has 94 valence electrons. The Morgan fingerprint density at radius 2 is 1.78 bits per heavy atom. The van der Waals surface area contributed by atoms with Crippen molar-refractivity contribution in [2.75, 3.05) is 5.32 Å². The van der Waals surface area contributed by atoms with Crippen LogP contribution in [0.25, 0.3) is 0 Å². The minimum atomic E-state index is -1.15. The summed E-state index contributed by atoms with van der Waals surface area (Å²) in [5.41, 5.74) is 0.470. The summed E-state index contributed by atoms with van der Waals surface area (Å²) in [6, 6.07) is 5.81. The van der Waals surface area contributed by atoms with Crippen LogP contribution in [0.15, 0.2) is 28.7 Å². The monoisotopic (exact) mass is 305 g/mol. The molecule has 2 aromatic rings. The molecule has 2 rings (SSSR count). The molecule has 0 aliphatic carbocycles.